The lowest BCUT2D eigenvalue weighted by molar-refractivity contribution is 0.397. The average molecular weight is 460 g/mol. The molecule has 132 valence electrons. The molecule has 0 aromatic carbocycles. The van der Waals surface area contributed by atoms with Gasteiger partial charge in [-0.2, -0.15) is 16.4 Å². The molecule has 3 heterocycles. The zero-order chi connectivity index (χ0) is 16.2. The topological polar surface area (TPSA) is 67.1 Å². The van der Waals surface area contributed by atoms with E-state index in [4.69, 9.17) is 0 Å². The van der Waals surface area contributed by atoms with Crippen molar-refractivity contribution in [3.63, 3.8) is 0 Å². The number of fused-ring (bicyclic) bond motifs is 1. The summed E-state index contributed by atoms with van der Waals surface area (Å²) in [6.45, 7) is 5.98. The Bertz CT molecular complexity index is 666. The number of hydrogen-bond acceptors (Lipinski definition) is 4. The normalized spacial score (nSPS) is 18.5. The Labute approximate surface area is 164 Å². The third kappa shape index (κ3) is 4.47. The molecular formula is C16H25IN6S. The van der Waals surface area contributed by atoms with Crippen LogP contribution in [0.2, 0.25) is 0 Å². The monoisotopic (exact) mass is 460 g/mol. The molecule has 0 radical (unpaired) electrons. The molecule has 0 spiro atoms. The number of aromatic nitrogens is 3. The van der Waals surface area contributed by atoms with Crippen molar-refractivity contribution in [1.82, 2.24) is 25.4 Å². The summed E-state index contributed by atoms with van der Waals surface area (Å²) >= 11 is 1.74. The minimum Gasteiger partial charge on any atom is -0.356 e. The minimum atomic E-state index is 0. The van der Waals surface area contributed by atoms with Crippen LogP contribution in [0.5, 0.6) is 0 Å². The van der Waals surface area contributed by atoms with E-state index in [1.165, 1.54) is 5.56 Å². The summed E-state index contributed by atoms with van der Waals surface area (Å²) < 4.78 is 2.01. The van der Waals surface area contributed by atoms with Crippen molar-refractivity contribution in [2.24, 2.45) is 4.99 Å². The Balaban J connectivity index is 0.00000208. The largest absolute Gasteiger partial charge is 0.356 e. The second-order valence-corrected chi connectivity index (χ2v) is 6.77. The third-order valence-electron chi connectivity index (χ3n) is 4.20. The highest BCUT2D eigenvalue weighted by atomic mass is 127. The fourth-order valence-electron chi connectivity index (χ4n) is 2.89. The van der Waals surface area contributed by atoms with Gasteiger partial charge in [-0.15, -0.1) is 24.0 Å². The van der Waals surface area contributed by atoms with Gasteiger partial charge in [0.25, 0.3) is 0 Å². The lowest BCUT2D eigenvalue weighted by atomic mass is 10.1. The van der Waals surface area contributed by atoms with Crippen LogP contribution in [0.15, 0.2) is 21.8 Å². The van der Waals surface area contributed by atoms with E-state index in [2.05, 4.69) is 49.5 Å². The lowest BCUT2D eigenvalue weighted by Gasteiger charge is -2.25. The van der Waals surface area contributed by atoms with Crippen LogP contribution in [0.4, 0.5) is 0 Å². The van der Waals surface area contributed by atoms with Gasteiger partial charge in [0.05, 0.1) is 6.04 Å². The SMILES string of the molecule is CN=C(NCC(C)c1ccsc1)NC1CCCn2nc(C)nc21.I. The summed E-state index contributed by atoms with van der Waals surface area (Å²) in [7, 11) is 1.81. The molecule has 2 aromatic rings. The molecule has 0 fully saturated rings. The number of nitrogens with zero attached hydrogens (tertiary/aromatic N) is 4. The van der Waals surface area contributed by atoms with Crippen molar-refractivity contribution in [2.45, 2.75) is 45.2 Å². The van der Waals surface area contributed by atoms with Crippen LogP contribution in [0.25, 0.3) is 0 Å². The summed E-state index contributed by atoms with van der Waals surface area (Å²) in [6, 6.07) is 2.35. The number of rotatable bonds is 4. The van der Waals surface area contributed by atoms with Gasteiger partial charge in [-0.1, -0.05) is 6.92 Å². The van der Waals surface area contributed by atoms with Crippen LogP contribution in [-0.4, -0.2) is 34.3 Å². The highest BCUT2D eigenvalue weighted by molar-refractivity contribution is 14.0. The van der Waals surface area contributed by atoms with Crippen LogP contribution < -0.4 is 10.6 Å². The highest BCUT2D eigenvalue weighted by Gasteiger charge is 2.24. The van der Waals surface area contributed by atoms with Crippen molar-refractivity contribution in [3.8, 4) is 0 Å². The number of guanidine groups is 1. The van der Waals surface area contributed by atoms with Crippen LogP contribution in [0.3, 0.4) is 0 Å². The maximum absolute atomic E-state index is 4.56. The van der Waals surface area contributed by atoms with Crippen LogP contribution in [-0.2, 0) is 6.54 Å². The summed E-state index contributed by atoms with van der Waals surface area (Å²) in [6.07, 6.45) is 2.16. The molecule has 2 aromatic heterocycles. The Morgan fingerprint density at radius 2 is 2.38 bits per heavy atom. The van der Waals surface area contributed by atoms with Crippen molar-refractivity contribution in [3.05, 3.63) is 34.0 Å². The lowest BCUT2D eigenvalue weighted by Crippen LogP contribution is -2.42. The second-order valence-electron chi connectivity index (χ2n) is 5.99. The Kier molecular flexibility index (Phi) is 7.02. The zero-order valence-electron chi connectivity index (χ0n) is 14.3. The van der Waals surface area contributed by atoms with Crippen LogP contribution in [0.1, 0.15) is 48.9 Å². The van der Waals surface area contributed by atoms with Crippen LogP contribution >= 0.6 is 35.3 Å². The molecule has 0 amide bonds. The van der Waals surface area contributed by atoms with E-state index in [1.807, 2.05) is 18.7 Å². The van der Waals surface area contributed by atoms with E-state index in [0.717, 1.165) is 43.5 Å². The van der Waals surface area contributed by atoms with Gasteiger partial charge in [0.2, 0.25) is 0 Å². The van der Waals surface area contributed by atoms with Gasteiger partial charge in [-0.05, 0) is 48.1 Å². The first-order chi connectivity index (χ1) is 11.2. The average Bonchev–Trinajstić information content (AvgIpc) is 3.19. The van der Waals surface area contributed by atoms with E-state index in [-0.39, 0.29) is 30.0 Å². The maximum Gasteiger partial charge on any atom is 0.191 e. The summed E-state index contributed by atoms with van der Waals surface area (Å²) in [5.74, 6) is 3.13. The molecule has 6 nitrogen and oxygen atoms in total. The number of nitrogens with one attached hydrogen (secondary N) is 2. The van der Waals surface area contributed by atoms with Gasteiger partial charge in [-0.25, -0.2) is 9.67 Å². The van der Waals surface area contributed by atoms with Gasteiger partial charge in [-0.3, -0.25) is 4.99 Å². The number of halogens is 1. The smallest absolute Gasteiger partial charge is 0.191 e. The molecule has 0 saturated heterocycles. The predicted octanol–water partition coefficient (Wildman–Crippen LogP) is 3.07. The maximum atomic E-state index is 4.56. The number of thiophene rings is 1. The van der Waals surface area contributed by atoms with Crippen molar-refractivity contribution in [1.29, 1.82) is 0 Å². The van der Waals surface area contributed by atoms with E-state index in [1.54, 1.807) is 11.3 Å². The first-order valence-corrected chi connectivity index (χ1v) is 9.02. The molecule has 0 bridgehead atoms. The van der Waals surface area contributed by atoms with E-state index in [0.29, 0.717) is 5.92 Å². The fraction of sp³-hybridized carbons (Fsp3) is 0.562. The first-order valence-electron chi connectivity index (χ1n) is 8.08. The van der Waals surface area contributed by atoms with E-state index in [9.17, 15) is 0 Å². The molecule has 24 heavy (non-hydrogen) atoms. The number of aliphatic imine (C=N–C) groups is 1. The molecule has 3 rings (SSSR count). The number of aryl methyl sites for hydroxylation is 2. The van der Waals surface area contributed by atoms with Gasteiger partial charge < -0.3 is 10.6 Å². The molecule has 0 aliphatic carbocycles. The van der Waals surface area contributed by atoms with E-state index < -0.39 is 0 Å². The molecule has 2 N–H and O–H groups in total. The first kappa shape index (κ1) is 19.2. The van der Waals surface area contributed by atoms with Gasteiger partial charge >= 0.3 is 0 Å². The van der Waals surface area contributed by atoms with Crippen molar-refractivity contribution >= 4 is 41.3 Å². The molecular weight excluding hydrogens is 435 g/mol. The fourth-order valence-corrected chi connectivity index (χ4v) is 3.67. The van der Waals surface area contributed by atoms with Gasteiger partial charge in [0.1, 0.15) is 11.6 Å². The van der Waals surface area contributed by atoms with E-state index >= 15 is 0 Å². The second kappa shape index (κ2) is 8.80. The molecule has 8 heteroatoms. The molecule has 2 atom stereocenters. The molecule has 1 aliphatic rings. The third-order valence-corrected chi connectivity index (χ3v) is 4.90. The van der Waals surface area contributed by atoms with Gasteiger partial charge in [0, 0.05) is 20.1 Å². The molecule has 0 saturated carbocycles. The summed E-state index contributed by atoms with van der Waals surface area (Å²) in [4.78, 5) is 8.92. The molecule has 1 aliphatic heterocycles. The van der Waals surface area contributed by atoms with Gasteiger partial charge in [0.15, 0.2) is 5.96 Å². The standard InChI is InChI=1S/C16H24N6S.HI/c1-11(13-6-8-23-10-13)9-18-16(17-3)20-14-5-4-7-22-15(14)19-12(2)21-22;/h6,8,10-11,14H,4-5,7,9H2,1-3H3,(H2,17,18,20);1H. The minimum absolute atomic E-state index is 0. The van der Waals surface area contributed by atoms with Crippen LogP contribution in [0, 0.1) is 6.92 Å². The summed E-state index contributed by atoms with van der Waals surface area (Å²) in [5, 5.41) is 15.7. The highest BCUT2D eigenvalue weighted by Crippen LogP contribution is 2.23. The summed E-state index contributed by atoms with van der Waals surface area (Å²) in [5.41, 5.74) is 1.37. The van der Waals surface area contributed by atoms with Crippen molar-refractivity contribution in [2.75, 3.05) is 13.6 Å². The Hall–Kier alpha value is -1.16. The molecule has 2 unspecified atom stereocenters. The van der Waals surface area contributed by atoms with Crippen molar-refractivity contribution < 1.29 is 0 Å². The predicted molar refractivity (Wildman–Crippen MR) is 109 cm³/mol. The number of hydrogen-bond donors (Lipinski definition) is 2. The Morgan fingerprint density at radius 3 is 3.08 bits per heavy atom. The Morgan fingerprint density at radius 1 is 1.54 bits per heavy atom. The zero-order valence-corrected chi connectivity index (χ0v) is 17.5. The quantitative estimate of drug-likeness (QED) is 0.418.